The van der Waals surface area contributed by atoms with Gasteiger partial charge in [0.25, 0.3) is 0 Å². The van der Waals surface area contributed by atoms with Crippen molar-refractivity contribution in [3.63, 3.8) is 0 Å². The first-order valence-corrected chi connectivity index (χ1v) is 11.5. The maximum Gasteiger partial charge on any atom is 0.310 e. The summed E-state index contributed by atoms with van der Waals surface area (Å²) in [7, 11) is 2.08. The summed E-state index contributed by atoms with van der Waals surface area (Å²) in [5, 5.41) is 3.51. The van der Waals surface area contributed by atoms with Crippen molar-refractivity contribution in [2.45, 2.75) is 110 Å². The van der Waals surface area contributed by atoms with E-state index < -0.39 is 0 Å². The molecule has 0 aliphatic carbocycles. The van der Waals surface area contributed by atoms with Crippen molar-refractivity contribution in [1.29, 1.82) is 0 Å². The van der Waals surface area contributed by atoms with Crippen molar-refractivity contribution >= 4 is 11.9 Å². The van der Waals surface area contributed by atoms with E-state index in [1.54, 1.807) is 0 Å². The van der Waals surface area contributed by atoms with Crippen LogP contribution in [0, 0.1) is 11.8 Å². The topological polar surface area (TPSA) is 67.9 Å². The van der Waals surface area contributed by atoms with Gasteiger partial charge in [-0.05, 0) is 94.5 Å². The fourth-order valence-electron chi connectivity index (χ4n) is 5.35. The second kappa shape index (κ2) is 8.78. The van der Waals surface area contributed by atoms with Gasteiger partial charge in [-0.1, -0.05) is 0 Å². The molecule has 0 aromatic rings. The maximum atomic E-state index is 12.6. The van der Waals surface area contributed by atoms with E-state index in [0.717, 1.165) is 32.1 Å². The highest BCUT2D eigenvalue weighted by Crippen LogP contribution is 2.44. The highest BCUT2D eigenvalue weighted by Gasteiger charge is 2.53. The molecule has 2 rings (SSSR count). The van der Waals surface area contributed by atoms with Crippen molar-refractivity contribution in [3.05, 3.63) is 0 Å². The Morgan fingerprint density at radius 1 is 0.833 bits per heavy atom. The average molecular weight is 425 g/mol. The molecule has 174 valence electrons. The molecule has 30 heavy (non-hydrogen) atoms. The zero-order valence-electron chi connectivity index (χ0n) is 20.7. The van der Waals surface area contributed by atoms with Crippen molar-refractivity contribution in [3.8, 4) is 0 Å². The molecule has 2 aliphatic heterocycles. The molecule has 6 heteroatoms. The van der Waals surface area contributed by atoms with Gasteiger partial charge in [0.2, 0.25) is 0 Å². The molecule has 0 amide bonds. The first-order chi connectivity index (χ1) is 13.6. The van der Waals surface area contributed by atoms with Gasteiger partial charge >= 0.3 is 11.9 Å². The van der Waals surface area contributed by atoms with Crippen molar-refractivity contribution < 1.29 is 19.1 Å². The molecule has 0 saturated carbocycles. The van der Waals surface area contributed by atoms with E-state index in [1.807, 2.05) is 0 Å². The summed E-state index contributed by atoms with van der Waals surface area (Å²) in [5.74, 6) is -0.432. The number of carbonyl (C=O) groups is 2. The van der Waals surface area contributed by atoms with Crippen LogP contribution < -0.4 is 5.32 Å². The van der Waals surface area contributed by atoms with E-state index in [2.05, 4.69) is 72.7 Å². The zero-order chi connectivity index (χ0) is 23.0. The standard InChI is InChI=1S/C24H44N2O4/c1-21(2)15-17(23(5,6)25-21)19(27)29-13-11-10-12-14-30-20(28)18-16-22(3,4)26(9)24(18,7)8/h17-18,25H,10-16H2,1-9H3. The molecule has 0 radical (unpaired) electrons. The summed E-state index contributed by atoms with van der Waals surface area (Å²) < 4.78 is 11.1. The van der Waals surface area contributed by atoms with E-state index in [0.29, 0.717) is 13.2 Å². The number of likely N-dealkylation sites (tertiary alicyclic amines) is 1. The first kappa shape index (κ1) is 25.1. The highest BCUT2D eigenvalue weighted by molar-refractivity contribution is 5.75. The molecular formula is C24H44N2O4. The lowest BCUT2D eigenvalue weighted by Crippen LogP contribution is -2.48. The van der Waals surface area contributed by atoms with Crippen LogP contribution in [0.3, 0.4) is 0 Å². The van der Waals surface area contributed by atoms with Gasteiger partial charge in [0.1, 0.15) is 0 Å². The number of carbonyl (C=O) groups excluding carboxylic acids is 2. The third-order valence-electron chi connectivity index (χ3n) is 7.42. The van der Waals surface area contributed by atoms with Crippen molar-refractivity contribution in [2.75, 3.05) is 20.3 Å². The van der Waals surface area contributed by atoms with Crippen LogP contribution in [0.15, 0.2) is 0 Å². The third kappa shape index (κ3) is 5.56. The molecule has 2 atom stereocenters. The predicted molar refractivity (Wildman–Crippen MR) is 119 cm³/mol. The quantitative estimate of drug-likeness (QED) is 0.471. The van der Waals surface area contributed by atoms with Crippen molar-refractivity contribution in [1.82, 2.24) is 10.2 Å². The van der Waals surface area contributed by atoms with Crippen LogP contribution in [-0.2, 0) is 19.1 Å². The monoisotopic (exact) mass is 424 g/mol. The van der Waals surface area contributed by atoms with Crippen LogP contribution in [0.2, 0.25) is 0 Å². The number of rotatable bonds is 8. The lowest BCUT2D eigenvalue weighted by molar-refractivity contribution is -0.151. The molecule has 1 N–H and O–H groups in total. The minimum atomic E-state index is -0.245. The number of unbranched alkanes of at least 4 members (excludes halogenated alkanes) is 2. The van der Waals surface area contributed by atoms with E-state index in [4.69, 9.17) is 9.47 Å². The summed E-state index contributed by atoms with van der Waals surface area (Å²) >= 11 is 0. The Kier molecular flexibility index (Phi) is 7.35. The largest absolute Gasteiger partial charge is 0.465 e. The second-order valence-corrected chi connectivity index (χ2v) is 11.7. The fraction of sp³-hybridized carbons (Fsp3) is 0.917. The zero-order valence-corrected chi connectivity index (χ0v) is 20.7. The minimum absolute atomic E-state index is 0.00429. The number of esters is 2. The molecule has 2 fully saturated rings. The Morgan fingerprint density at radius 3 is 1.73 bits per heavy atom. The number of ether oxygens (including phenoxy) is 2. The molecule has 0 bridgehead atoms. The van der Waals surface area contributed by atoms with Gasteiger partial charge in [0, 0.05) is 22.2 Å². The number of nitrogens with one attached hydrogen (secondary N) is 1. The molecular weight excluding hydrogens is 380 g/mol. The van der Waals surface area contributed by atoms with Crippen LogP contribution in [0.5, 0.6) is 0 Å². The van der Waals surface area contributed by atoms with E-state index in [9.17, 15) is 9.59 Å². The van der Waals surface area contributed by atoms with Crippen LogP contribution in [0.4, 0.5) is 0 Å². The lowest BCUT2D eigenvalue weighted by Gasteiger charge is -2.37. The molecule has 0 spiro atoms. The smallest absolute Gasteiger partial charge is 0.310 e. The minimum Gasteiger partial charge on any atom is -0.465 e. The first-order valence-electron chi connectivity index (χ1n) is 11.5. The van der Waals surface area contributed by atoms with E-state index in [-0.39, 0.29) is 45.9 Å². The molecule has 2 saturated heterocycles. The Morgan fingerprint density at radius 2 is 1.33 bits per heavy atom. The molecule has 2 heterocycles. The van der Waals surface area contributed by atoms with Gasteiger partial charge in [-0.2, -0.15) is 0 Å². The van der Waals surface area contributed by atoms with E-state index in [1.165, 1.54) is 0 Å². The average Bonchev–Trinajstić information content (AvgIpc) is 2.93. The number of nitrogens with zero attached hydrogens (tertiary/aromatic N) is 1. The molecule has 2 unspecified atom stereocenters. The number of hydrogen-bond acceptors (Lipinski definition) is 6. The van der Waals surface area contributed by atoms with Crippen molar-refractivity contribution in [2.24, 2.45) is 11.8 Å². The number of hydrogen-bond donors (Lipinski definition) is 1. The fourth-order valence-corrected chi connectivity index (χ4v) is 5.35. The Bertz CT molecular complexity index is 639. The molecule has 0 aromatic carbocycles. The summed E-state index contributed by atoms with van der Waals surface area (Å²) in [4.78, 5) is 27.4. The summed E-state index contributed by atoms with van der Waals surface area (Å²) in [5.41, 5.74) is -0.498. The maximum absolute atomic E-state index is 12.6. The van der Waals surface area contributed by atoms with Gasteiger partial charge in [-0.15, -0.1) is 0 Å². The van der Waals surface area contributed by atoms with Crippen LogP contribution in [0.1, 0.15) is 87.5 Å². The second-order valence-electron chi connectivity index (χ2n) is 11.7. The normalized spacial score (nSPS) is 29.0. The van der Waals surface area contributed by atoms with Gasteiger partial charge in [0.15, 0.2) is 0 Å². The van der Waals surface area contributed by atoms with Gasteiger partial charge in [0.05, 0.1) is 25.0 Å². The summed E-state index contributed by atoms with van der Waals surface area (Å²) in [6.07, 6.45) is 4.06. The summed E-state index contributed by atoms with van der Waals surface area (Å²) in [6.45, 7) is 17.8. The van der Waals surface area contributed by atoms with E-state index >= 15 is 0 Å². The molecule has 6 nitrogen and oxygen atoms in total. The van der Waals surface area contributed by atoms with Gasteiger partial charge in [-0.3, -0.25) is 14.5 Å². The predicted octanol–water partition coefficient (Wildman–Crippen LogP) is 3.92. The van der Waals surface area contributed by atoms with Gasteiger partial charge in [-0.25, -0.2) is 0 Å². The Labute approximate surface area is 183 Å². The molecule has 0 aromatic heterocycles. The Balaban J connectivity index is 1.64. The van der Waals surface area contributed by atoms with Crippen LogP contribution >= 0.6 is 0 Å². The SMILES string of the molecule is CN1C(C)(C)CC(C(=O)OCCCCCOC(=O)C2CC(C)(C)NC2(C)C)C1(C)C. The highest BCUT2D eigenvalue weighted by atomic mass is 16.5. The third-order valence-corrected chi connectivity index (χ3v) is 7.42. The molecule has 2 aliphatic rings. The van der Waals surface area contributed by atoms with Gasteiger partial charge < -0.3 is 14.8 Å². The van der Waals surface area contributed by atoms with Crippen LogP contribution in [0.25, 0.3) is 0 Å². The summed E-state index contributed by atoms with van der Waals surface area (Å²) in [6, 6.07) is 0. The Hall–Kier alpha value is -1.14. The lowest BCUT2D eigenvalue weighted by atomic mass is 9.87. The van der Waals surface area contributed by atoms with Crippen LogP contribution in [-0.4, -0.2) is 59.3 Å².